The third-order valence-electron chi connectivity index (χ3n) is 5.57. The number of alkyl carbamates (subject to hydrolysis) is 2. The van der Waals surface area contributed by atoms with E-state index >= 15 is 0 Å². The Balaban J connectivity index is 1.46. The summed E-state index contributed by atoms with van der Waals surface area (Å²) in [5.41, 5.74) is 9.41. The van der Waals surface area contributed by atoms with Crippen LogP contribution in [0, 0.1) is 0 Å². The lowest BCUT2D eigenvalue weighted by Gasteiger charge is -2.20. The number of amides is 3. The SMILES string of the molecule is CC(C)(C)OC(=O)NCCCCC(NC(=O)OCC1c2ccccc2-c2ccccc21)C(N)=O. The number of nitrogens with one attached hydrogen (secondary N) is 2. The number of unbranched alkanes of at least 4 members (excludes halogenated alkanes) is 1. The Kier molecular flexibility index (Phi) is 8.15. The van der Waals surface area contributed by atoms with Gasteiger partial charge in [0.05, 0.1) is 0 Å². The van der Waals surface area contributed by atoms with Gasteiger partial charge in [0, 0.05) is 12.5 Å². The summed E-state index contributed by atoms with van der Waals surface area (Å²) in [5.74, 6) is -0.697. The Morgan fingerprint density at radius 3 is 2.09 bits per heavy atom. The Hall–Kier alpha value is -3.55. The predicted molar refractivity (Wildman–Crippen MR) is 129 cm³/mol. The van der Waals surface area contributed by atoms with E-state index in [1.54, 1.807) is 20.8 Å². The van der Waals surface area contributed by atoms with Crippen LogP contribution in [-0.2, 0) is 14.3 Å². The van der Waals surface area contributed by atoms with Crippen LogP contribution in [0.2, 0.25) is 0 Å². The van der Waals surface area contributed by atoms with Crippen molar-refractivity contribution in [1.82, 2.24) is 10.6 Å². The average molecular weight is 468 g/mol. The minimum absolute atomic E-state index is 0.0656. The summed E-state index contributed by atoms with van der Waals surface area (Å²) in [4.78, 5) is 35.9. The largest absolute Gasteiger partial charge is 0.449 e. The molecule has 3 amide bonds. The fourth-order valence-corrected chi connectivity index (χ4v) is 4.05. The molecule has 0 saturated carbocycles. The predicted octanol–water partition coefficient (Wildman–Crippen LogP) is 4.07. The minimum atomic E-state index is -0.850. The highest BCUT2D eigenvalue weighted by Crippen LogP contribution is 2.44. The first-order valence-corrected chi connectivity index (χ1v) is 11.5. The molecule has 0 aromatic heterocycles. The van der Waals surface area contributed by atoms with Crippen molar-refractivity contribution in [3.63, 3.8) is 0 Å². The summed E-state index contributed by atoms with van der Waals surface area (Å²) >= 11 is 0. The third kappa shape index (κ3) is 6.73. The highest BCUT2D eigenvalue weighted by atomic mass is 16.6. The Morgan fingerprint density at radius 2 is 1.53 bits per heavy atom. The fourth-order valence-electron chi connectivity index (χ4n) is 4.05. The highest BCUT2D eigenvalue weighted by Gasteiger charge is 2.29. The maximum atomic E-state index is 12.4. The maximum absolute atomic E-state index is 12.4. The molecular formula is C26H33N3O5. The molecular weight excluding hydrogens is 434 g/mol. The molecule has 182 valence electrons. The molecule has 4 N–H and O–H groups in total. The number of ether oxygens (including phenoxy) is 2. The smallest absolute Gasteiger partial charge is 0.407 e. The summed E-state index contributed by atoms with van der Waals surface area (Å²) in [5, 5.41) is 5.23. The lowest BCUT2D eigenvalue weighted by atomic mass is 9.98. The van der Waals surface area contributed by atoms with Gasteiger partial charge in [0.15, 0.2) is 0 Å². The second-order valence-corrected chi connectivity index (χ2v) is 9.35. The van der Waals surface area contributed by atoms with Gasteiger partial charge >= 0.3 is 12.2 Å². The molecule has 2 aromatic carbocycles. The first-order chi connectivity index (χ1) is 16.2. The van der Waals surface area contributed by atoms with E-state index in [4.69, 9.17) is 15.2 Å². The monoisotopic (exact) mass is 467 g/mol. The van der Waals surface area contributed by atoms with Crippen LogP contribution in [0.1, 0.15) is 57.1 Å². The number of fused-ring (bicyclic) bond motifs is 3. The van der Waals surface area contributed by atoms with E-state index in [1.165, 1.54) is 0 Å². The van der Waals surface area contributed by atoms with Crippen LogP contribution in [0.3, 0.4) is 0 Å². The van der Waals surface area contributed by atoms with Gasteiger partial charge in [-0.05, 0) is 62.3 Å². The number of hydrogen-bond acceptors (Lipinski definition) is 5. The lowest BCUT2D eigenvalue weighted by Crippen LogP contribution is -2.45. The van der Waals surface area contributed by atoms with E-state index < -0.39 is 29.7 Å². The van der Waals surface area contributed by atoms with Crippen LogP contribution in [0.4, 0.5) is 9.59 Å². The van der Waals surface area contributed by atoms with Gasteiger partial charge in [-0.15, -0.1) is 0 Å². The zero-order chi connectivity index (χ0) is 24.7. The van der Waals surface area contributed by atoms with Gasteiger partial charge in [0.1, 0.15) is 18.2 Å². The van der Waals surface area contributed by atoms with Crippen LogP contribution < -0.4 is 16.4 Å². The van der Waals surface area contributed by atoms with Crippen LogP contribution in [0.25, 0.3) is 11.1 Å². The topological polar surface area (TPSA) is 120 Å². The Labute approximate surface area is 200 Å². The number of benzene rings is 2. The van der Waals surface area contributed by atoms with Crippen LogP contribution in [-0.4, -0.2) is 42.9 Å². The van der Waals surface area contributed by atoms with E-state index in [2.05, 4.69) is 22.8 Å². The van der Waals surface area contributed by atoms with Crippen molar-refractivity contribution >= 4 is 18.1 Å². The number of nitrogens with two attached hydrogens (primary N) is 1. The van der Waals surface area contributed by atoms with Crippen molar-refractivity contribution in [3.05, 3.63) is 59.7 Å². The normalized spacial score (nSPS) is 13.4. The molecule has 0 aliphatic heterocycles. The summed E-state index contributed by atoms with van der Waals surface area (Å²) in [6.45, 7) is 5.92. The second-order valence-electron chi connectivity index (χ2n) is 9.35. The fraction of sp³-hybridized carbons (Fsp3) is 0.423. The molecule has 1 unspecified atom stereocenters. The molecule has 2 aromatic rings. The highest BCUT2D eigenvalue weighted by molar-refractivity contribution is 5.84. The quantitative estimate of drug-likeness (QED) is 0.480. The van der Waals surface area contributed by atoms with Crippen LogP contribution >= 0.6 is 0 Å². The molecule has 0 bridgehead atoms. The summed E-state index contributed by atoms with van der Waals surface area (Å²) in [7, 11) is 0. The van der Waals surface area contributed by atoms with Crippen molar-refractivity contribution in [2.24, 2.45) is 5.73 Å². The number of carbonyl (C=O) groups excluding carboxylic acids is 3. The Morgan fingerprint density at radius 1 is 0.941 bits per heavy atom. The van der Waals surface area contributed by atoms with Gasteiger partial charge in [0.2, 0.25) is 5.91 Å². The molecule has 1 aliphatic carbocycles. The van der Waals surface area contributed by atoms with Gasteiger partial charge in [0.25, 0.3) is 0 Å². The number of hydrogen-bond donors (Lipinski definition) is 3. The summed E-state index contributed by atoms with van der Waals surface area (Å²) in [6.07, 6.45) is 0.353. The zero-order valence-corrected chi connectivity index (χ0v) is 19.9. The molecule has 1 atom stereocenters. The summed E-state index contributed by atoms with van der Waals surface area (Å²) < 4.78 is 10.7. The van der Waals surface area contributed by atoms with Crippen molar-refractivity contribution in [3.8, 4) is 11.1 Å². The molecule has 34 heavy (non-hydrogen) atoms. The van der Waals surface area contributed by atoms with E-state index in [0.29, 0.717) is 25.8 Å². The molecule has 8 heteroatoms. The van der Waals surface area contributed by atoms with Gasteiger partial charge in [-0.3, -0.25) is 4.79 Å². The number of rotatable bonds is 9. The molecule has 0 heterocycles. The standard InChI is InChI=1S/C26H33N3O5/c1-26(2,3)34-24(31)28-15-9-8-14-22(23(27)30)29-25(32)33-16-21-19-12-6-4-10-17(19)18-11-5-7-13-20(18)21/h4-7,10-13,21-22H,8-9,14-16H2,1-3H3,(H2,27,30)(H,28,31)(H,29,32). The lowest BCUT2D eigenvalue weighted by molar-refractivity contribution is -0.120. The van der Waals surface area contributed by atoms with E-state index in [0.717, 1.165) is 22.3 Å². The van der Waals surface area contributed by atoms with Crippen molar-refractivity contribution in [1.29, 1.82) is 0 Å². The van der Waals surface area contributed by atoms with Gasteiger partial charge in [-0.1, -0.05) is 48.5 Å². The average Bonchev–Trinajstić information content (AvgIpc) is 3.09. The van der Waals surface area contributed by atoms with Gasteiger partial charge < -0.3 is 25.8 Å². The third-order valence-corrected chi connectivity index (χ3v) is 5.57. The molecule has 0 saturated heterocycles. The number of carbonyl (C=O) groups is 3. The molecule has 3 rings (SSSR count). The van der Waals surface area contributed by atoms with Crippen molar-refractivity contribution in [2.45, 2.75) is 57.6 Å². The van der Waals surface area contributed by atoms with Crippen molar-refractivity contribution < 1.29 is 23.9 Å². The zero-order valence-electron chi connectivity index (χ0n) is 19.9. The van der Waals surface area contributed by atoms with E-state index in [9.17, 15) is 14.4 Å². The molecule has 0 radical (unpaired) electrons. The minimum Gasteiger partial charge on any atom is -0.449 e. The van der Waals surface area contributed by atoms with Gasteiger partial charge in [-0.25, -0.2) is 9.59 Å². The first-order valence-electron chi connectivity index (χ1n) is 11.5. The second kappa shape index (κ2) is 11.0. The maximum Gasteiger partial charge on any atom is 0.407 e. The van der Waals surface area contributed by atoms with Crippen LogP contribution in [0.5, 0.6) is 0 Å². The summed E-state index contributed by atoms with van der Waals surface area (Å²) in [6, 6.07) is 15.3. The van der Waals surface area contributed by atoms with Gasteiger partial charge in [-0.2, -0.15) is 0 Å². The van der Waals surface area contributed by atoms with Crippen LogP contribution in [0.15, 0.2) is 48.5 Å². The molecule has 0 spiro atoms. The van der Waals surface area contributed by atoms with E-state index in [1.807, 2.05) is 36.4 Å². The Bertz CT molecular complexity index is 986. The molecule has 1 aliphatic rings. The number of primary amides is 1. The molecule has 8 nitrogen and oxygen atoms in total. The first kappa shape index (κ1) is 25.1. The van der Waals surface area contributed by atoms with Crippen molar-refractivity contribution in [2.75, 3.05) is 13.2 Å². The molecule has 0 fully saturated rings. The van der Waals surface area contributed by atoms with E-state index in [-0.39, 0.29) is 12.5 Å².